The number of hydrogen-bond acceptors (Lipinski definition) is 3. The summed E-state index contributed by atoms with van der Waals surface area (Å²) in [7, 11) is -2.41. The smallest absolute Gasteiger partial charge is 0.387 e. The summed E-state index contributed by atoms with van der Waals surface area (Å²) >= 11 is 0. The van der Waals surface area contributed by atoms with Crippen LogP contribution in [0.2, 0.25) is 0 Å². The molecule has 0 radical (unpaired) electrons. The average Bonchev–Trinajstić information content (AvgIpc) is 2.27. The fraction of sp³-hybridized carbons (Fsp3) is 0.400. The van der Waals surface area contributed by atoms with Crippen molar-refractivity contribution in [2.24, 2.45) is 0 Å². The van der Waals surface area contributed by atoms with Crippen molar-refractivity contribution in [2.75, 3.05) is 18.9 Å². The zero-order valence-corrected chi connectivity index (χ0v) is 10.4. The van der Waals surface area contributed by atoms with Gasteiger partial charge in [-0.05, 0) is 12.1 Å². The summed E-state index contributed by atoms with van der Waals surface area (Å²) in [6, 6.07) is 5.97. The van der Waals surface area contributed by atoms with Crippen LogP contribution in [0.3, 0.4) is 0 Å². The third-order valence-corrected chi connectivity index (χ3v) is 3.67. The molecule has 0 spiro atoms. The molecule has 8 heteroatoms. The third kappa shape index (κ3) is 4.19. The van der Waals surface area contributed by atoms with Crippen LogP contribution in [0.15, 0.2) is 29.2 Å². The standard InChI is InChI=1S/C10H13F3N2O2S/c1-14-8-4-2-3-5-9(8)18(16,17)15-7-6-10(11,12)13/h2-5,14-15H,6-7H2,1H3. The van der Waals surface area contributed by atoms with Gasteiger partial charge in [0.2, 0.25) is 10.0 Å². The predicted octanol–water partition coefficient (Wildman–Crippen LogP) is 1.96. The molecule has 18 heavy (non-hydrogen) atoms. The highest BCUT2D eigenvalue weighted by Crippen LogP contribution is 2.21. The molecule has 1 aromatic rings. The van der Waals surface area contributed by atoms with Gasteiger partial charge in [0, 0.05) is 13.6 Å². The predicted molar refractivity (Wildman–Crippen MR) is 61.8 cm³/mol. The van der Waals surface area contributed by atoms with Crippen molar-refractivity contribution in [1.29, 1.82) is 0 Å². The Morgan fingerprint density at radius 3 is 2.39 bits per heavy atom. The van der Waals surface area contributed by atoms with Gasteiger partial charge in [-0.25, -0.2) is 13.1 Å². The molecule has 0 aliphatic heterocycles. The highest BCUT2D eigenvalue weighted by Gasteiger charge is 2.28. The van der Waals surface area contributed by atoms with Gasteiger partial charge in [-0.2, -0.15) is 13.2 Å². The molecule has 0 heterocycles. The van der Waals surface area contributed by atoms with Gasteiger partial charge in [-0.1, -0.05) is 12.1 Å². The van der Waals surface area contributed by atoms with Crippen LogP contribution >= 0.6 is 0 Å². The van der Waals surface area contributed by atoms with Crippen LogP contribution in [0.5, 0.6) is 0 Å². The van der Waals surface area contributed by atoms with E-state index in [1.54, 1.807) is 6.07 Å². The molecule has 1 aromatic carbocycles. The first-order chi connectivity index (χ1) is 8.26. The van der Waals surface area contributed by atoms with Gasteiger partial charge < -0.3 is 5.32 Å². The van der Waals surface area contributed by atoms with Gasteiger partial charge in [0.1, 0.15) is 4.90 Å². The molecule has 4 nitrogen and oxygen atoms in total. The van der Waals surface area contributed by atoms with Crippen molar-refractivity contribution in [2.45, 2.75) is 17.5 Å². The molecule has 0 atom stereocenters. The molecule has 0 saturated carbocycles. The Labute approximate surface area is 103 Å². The van der Waals surface area contributed by atoms with Crippen molar-refractivity contribution in [3.8, 4) is 0 Å². The number of para-hydroxylation sites is 1. The summed E-state index contributed by atoms with van der Waals surface area (Å²) in [6.45, 7) is -0.677. The Hall–Kier alpha value is -1.28. The van der Waals surface area contributed by atoms with Crippen molar-refractivity contribution in [1.82, 2.24) is 4.72 Å². The molecule has 0 saturated heterocycles. The fourth-order valence-corrected chi connectivity index (χ4v) is 2.56. The van der Waals surface area contributed by atoms with Gasteiger partial charge in [0.15, 0.2) is 0 Å². The van der Waals surface area contributed by atoms with E-state index in [0.29, 0.717) is 5.69 Å². The molecular formula is C10H13F3N2O2S. The second kappa shape index (κ2) is 5.57. The molecule has 0 bridgehead atoms. The highest BCUT2D eigenvalue weighted by molar-refractivity contribution is 7.89. The van der Waals surface area contributed by atoms with E-state index >= 15 is 0 Å². The summed E-state index contributed by atoms with van der Waals surface area (Å²) in [4.78, 5) is -0.0744. The zero-order valence-electron chi connectivity index (χ0n) is 9.58. The summed E-state index contributed by atoms with van der Waals surface area (Å²) in [5.41, 5.74) is 0.331. The fourth-order valence-electron chi connectivity index (χ4n) is 1.31. The minimum Gasteiger partial charge on any atom is -0.387 e. The first kappa shape index (κ1) is 14.8. The molecule has 0 aromatic heterocycles. The molecular weight excluding hydrogens is 269 g/mol. The maximum atomic E-state index is 11.9. The van der Waals surface area contributed by atoms with E-state index in [1.165, 1.54) is 25.2 Å². The van der Waals surface area contributed by atoms with E-state index in [2.05, 4.69) is 5.32 Å². The van der Waals surface area contributed by atoms with Crippen LogP contribution in [0.4, 0.5) is 18.9 Å². The normalized spacial score (nSPS) is 12.4. The van der Waals surface area contributed by atoms with E-state index < -0.39 is 29.2 Å². The SMILES string of the molecule is CNc1ccccc1S(=O)(=O)NCCC(F)(F)F. The lowest BCUT2D eigenvalue weighted by atomic mass is 10.3. The van der Waals surface area contributed by atoms with Crippen LogP contribution in [-0.4, -0.2) is 28.2 Å². The summed E-state index contributed by atoms with van der Waals surface area (Å²) < 4.78 is 61.3. The first-order valence-electron chi connectivity index (χ1n) is 5.09. The maximum Gasteiger partial charge on any atom is 0.390 e. The van der Waals surface area contributed by atoms with Gasteiger partial charge in [-0.3, -0.25) is 0 Å². The molecule has 0 aliphatic carbocycles. The van der Waals surface area contributed by atoms with Crippen molar-refractivity contribution >= 4 is 15.7 Å². The van der Waals surface area contributed by atoms with Crippen LogP contribution in [0.1, 0.15) is 6.42 Å². The summed E-state index contributed by atoms with van der Waals surface area (Å²) in [5, 5.41) is 2.67. The molecule has 0 unspecified atom stereocenters. The lowest BCUT2D eigenvalue weighted by Gasteiger charge is -2.11. The van der Waals surface area contributed by atoms with Gasteiger partial charge in [-0.15, -0.1) is 0 Å². The van der Waals surface area contributed by atoms with Gasteiger partial charge in [0.25, 0.3) is 0 Å². The molecule has 0 aliphatic rings. The Morgan fingerprint density at radius 2 is 1.83 bits per heavy atom. The summed E-state index contributed by atoms with van der Waals surface area (Å²) in [5.74, 6) is 0. The number of rotatable bonds is 5. The quantitative estimate of drug-likeness (QED) is 0.868. The lowest BCUT2D eigenvalue weighted by molar-refractivity contribution is -0.132. The molecule has 0 amide bonds. The average molecular weight is 282 g/mol. The summed E-state index contributed by atoms with van der Waals surface area (Å²) in [6.07, 6.45) is -5.58. The molecule has 2 N–H and O–H groups in total. The minimum absolute atomic E-state index is 0.0744. The monoisotopic (exact) mass is 282 g/mol. The topological polar surface area (TPSA) is 58.2 Å². The number of nitrogens with one attached hydrogen (secondary N) is 2. The third-order valence-electron chi connectivity index (χ3n) is 2.15. The van der Waals surface area contributed by atoms with Crippen LogP contribution in [-0.2, 0) is 10.0 Å². The number of sulfonamides is 1. The first-order valence-corrected chi connectivity index (χ1v) is 6.58. The van der Waals surface area contributed by atoms with E-state index in [9.17, 15) is 21.6 Å². The van der Waals surface area contributed by atoms with Crippen LogP contribution in [0, 0.1) is 0 Å². The van der Waals surface area contributed by atoms with E-state index in [0.717, 1.165) is 0 Å². The molecule has 102 valence electrons. The lowest BCUT2D eigenvalue weighted by Crippen LogP contribution is -2.28. The second-order valence-corrected chi connectivity index (χ2v) is 5.24. The van der Waals surface area contributed by atoms with Crippen molar-refractivity contribution in [3.05, 3.63) is 24.3 Å². The number of hydrogen-bond donors (Lipinski definition) is 2. The van der Waals surface area contributed by atoms with E-state index in [-0.39, 0.29) is 4.90 Å². The van der Waals surface area contributed by atoms with Crippen molar-refractivity contribution in [3.63, 3.8) is 0 Å². The second-order valence-electron chi connectivity index (χ2n) is 3.51. The Morgan fingerprint density at radius 1 is 1.22 bits per heavy atom. The number of benzene rings is 1. The van der Waals surface area contributed by atoms with Crippen LogP contribution in [0.25, 0.3) is 0 Å². The Balaban J connectivity index is 2.81. The molecule has 1 rings (SSSR count). The largest absolute Gasteiger partial charge is 0.390 e. The number of alkyl halides is 3. The van der Waals surface area contributed by atoms with Gasteiger partial charge >= 0.3 is 6.18 Å². The van der Waals surface area contributed by atoms with Crippen LogP contribution < -0.4 is 10.0 Å². The number of anilines is 1. The molecule has 0 fully saturated rings. The van der Waals surface area contributed by atoms with E-state index in [1.807, 2.05) is 4.72 Å². The maximum absolute atomic E-state index is 11.9. The highest BCUT2D eigenvalue weighted by atomic mass is 32.2. The van der Waals surface area contributed by atoms with Gasteiger partial charge in [0.05, 0.1) is 12.1 Å². The Kier molecular flexibility index (Phi) is 4.58. The minimum atomic E-state index is -4.38. The van der Waals surface area contributed by atoms with E-state index in [4.69, 9.17) is 0 Å². The number of halogens is 3. The Bertz CT molecular complexity index is 500. The van der Waals surface area contributed by atoms with Crippen molar-refractivity contribution < 1.29 is 21.6 Å². The zero-order chi connectivity index (χ0) is 13.8.